The van der Waals surface area contributed by atoms with Gasteiger partial charge in [0.15, 0.2) is 6.10 Å². The van der Waals surface area contributed by atoms with Crippen molar-refractivity contribution in [3.8, 4) is 22.6 Å². The molecule has 0 radical (unpaired) electrons. The zero-order valence-electron chi connectivity index (χ0n) is 16.6. The summed E-state index contributed by atoms with van der Waals surface area (Å²) in [5.41, 5.74) is 3.37. The molecule has 0 fully saturated rings. The number of ether oxygens (including phenoxy) is 1. The van der Waals surface area contributed by atoms with E-state index in [1.54, 1.807) is 6.92 Å². The van der Waals surface area contributed by atoms with E-state index in [0.717, 1.165) is 16.7 Å². The number of carbonyl (C=O) groups excluding carboxylic acids is 1. The summed E-state index contributed by atoms with van der Waals surface area (Å²) < 4.78 is 11.2. The van der Waals surface area contributed by atoms with Gasteiger partial charge in [-0.1, -0.05) is 29.8 Å². The monoisotopic (exact) mass is 435 g/mol. The molecule has 0 aliphatic rings. The van der Waals surface area contributed by atoms with Crippen molar-refractivity contribution >= 4 is 23.0 Å². The Labute approximate surface area is 181 Å². The second-order valence-corrected chi connectivity index (χ2v) is 7.74. The van der Waals surface area contributed by atoms with Crippen LogP contribution < -0.4 is 0 Å². The number of benzene rings is 2. The first kappa shape index (κ1) is 20.4. The van der Waals surface area contributed by atoms with Crippen molar-refractivity contribution in [3.63, 3.8) is 0 Å². The Balaban J connectivity index is 1.49. The Morgan fingerprint density at radius 2 is 1.74 bits per heavy atom. The topological polar surface area (TPSA) is 108 Å². The lowest BCUT2D eigenvalue weighted by Crippen LogP contribution is -2.09. The van der Waals surface area contributed by atoms with Gasteiger partial charge in [-0.15, -0.1) is 21.5 Å². The molecule has 2 heterocycles. The molecule has 31 heavy (non-hydrogen) atoms. The van der Waals surface area contributed by atoms with E-state index in [9.17, 15) is 14.9 Å². The molecule has 1 atom stereocenters. The largest absolute Gasteiger partial charge is 0.448 e. The van der Waals surface area contributed by atoms with Crippen LogP contribution in [0.25, 0.3) is 22.6 Å². The predicted molar refractivity (Wildman–Crippen MR) is 115 cm³/mol. The third kappa shape index (κ3) is 4.36. The fourth-order valence-electron chi connectivity index (χ4n) is 2.93. The Morgan fingerprint density at radius 3 is 2.42 bits per heavy atom. The minimum absolute atomic E-state index is 0.0360. The third-order valence-corrected chi connectivity index (χ3v) is 5.50. The summed E-state index contributed by atoms with van der Waals surface area (Å²) in [5, 5.41) is 20.5. The zero-order chi connectivity index (χ0) is 22.0. The molecule has 0 saturated heterocycles. The molecule has 9 heteroatoms. The van der Waals surface area contributed by atoms with Crippen molar-refractivity contribution < 1.29 is 18.9 Å². The van der Waals surface area contributed by atoms with Crippen LogP contribution in [0, 0.1) is 17.0 Å². The Kier molecular flexibility index (Phi) is 5.59. The Hall–Kier alpha value is -3.85. The standard InChI is InChI=1S/C22H17N3O5S/c1-13-3-5-15(6-4-13)18-11-12-31-19(18)22(26)29-14(2)20-23-24-21(30-20)16-7-9-17(10-8-16)25(27)28/h3-12,14H,1-2H3. The normalized spacial score (nSPS) is 11.8. The predicted octanol–water partition coefficient (Wildman–Crippen LogP) is 5.60. The summed E-state index contributed by atoms with van der Waals surface area (Å²) >= 11 is 1.30. The van der Waals surface area contributed by atoms with E-state index in [1.807, 2.05) is 42.6 Å². The van der Waals surface area contributed by atoms with Crippen molar-refractivity contribution in [1.82, 2.24) is 10.2 Å². The number of hydrogen-bond acceptors (Lipinski definition) is 8. The molecule has 0 spiro atoms. The highest BCUT2D eigenvalue weighted by atomic mass is 32.1. The molecule has 1 unspecified atom stereocenters. The maximum atomic E-state index is 12.8. The fourth-order valence-corrected chi connectivity index (χ4v) is 3.73. The molecule has 156 valence electrons. The van der Waals surface area contributed by atoms with Gasteiger partial charge in [0.25, 0.3) is 11.6 Å². The smallest absolute Gasteiger partial charge is 0.349 e. The first-order chi connectivity index (χ1) is 14.9. The van der Waals surface area contributed by atoms with E-state index in [2.05, 4.69) is 10.2 Å². The average Bonchev–Trinajstić information content (AvgIpc) is 3.44. The molecule has 0 amide bonds. The number of aryl methyl sites for hydroxylation is 1. The van der Waals surface area contributed by atoms with Gasteiger partial charge in [-0.2, -0.15) is 0 Å². The van der Waals surface area contributed by atoms with Gasteiger partial charge in [0.1, 0.15) is 4.88 Å². The van der Waals surface area contributed by atoms with Gasteiger partial charge in [0.2, 0.25) is 5.89 Å². The molecule has 0 aliphatic heterocycles. The van der Waals surface area contributed by atoms with Gasteiger partial charge in [-0.25, -0.2) is 4.79 Å². The molecule has 8 nitrogen and oxygen atoms in total. The first-order valence-electron chi connectivity index (χ1n) is 9.36. The van der Waals surface area contributed by atoms with Gasteiger partial charge < -0.3 is 9.15 Å². The second kappa shape index (κ2) is 8.49. The summed E-state index contributed by atoms with van der Waals surface area (Å²) in [7, 11) is 0. The maximum Gasteiger partial charge on any atom is 0.349 e. The summed E-state index contributed by atoms with van der Waals surface area (Å²) in [6, 6.07) is 15.5. The van der Waals surface area contributed by atoms with Crippen molar-refractivity contribution in [3.05, 3.63) is 86.4 Å². The summed E-state index contributed by atoms with van der Waals surface area (Å²) in [5.74, 6) is -0.160. The lowest BCUT2D eigenvalue weighted by molar-refractivity contribution is -0.384. The number of hydrogen-bond donors (Lipinski definition) is 0. The number of aromatic nitrogens is 2. The zero-order valence-corrected chi connectivity index (χ0v) is 17.5. The molecule has 0 saturated carbocycles. The van der Waals surface area contributed by atoms with Gasteiger partial charge in [-0.05, 0) is 43.0 Å². The van der Waals surface area contributed by atoms with Crippen molar-refractivity contribution in [2.45, 2.75) is 20.0 Å². The van der Waals surface area contributed by atoms with E-state index in [1.165, 1.54) is 35.6 Å². The molecule has 0 N–H and O–H groups in total. The molecule has 2 aromatic heterocycles. The van der Waals surface area contributed by atoms with Crippen LogP contribution in [0.5, 0.6) is 0 Å². The van der Waals surface area contributed by atoms with E-state index < -0.39 is 17.0 Å². The van der Waals surface area contributed by atoms with Crippen molar-refractivity contribution in [1.29, 1.82) is 0 Å². The molecule has 0 bridgehead atoms. The van der Waals surface area contributed by atoms with Crippen LogP contribution in [0.15, 0.2) is 64.4 Å². The van der Waals surface area contributed by atoms with Gasteiger partial charge >= 0.3 is 5.97 Å². The number of thiophene rings is 1. The highest BCUT2D eigenvalue weighted by molar-refractivity contribution is 7.12. The summed E-state index contributed by atoms with van der Waals surface area (Å²) in [6.07, 6.45) is -0.764. The third-order valence-electron chi connectivity index (χ3n) is 4.61. The van der Waals surface area contributed by atoms with Crippen molar-refractivity contribution in [2.75, 3.05) is 0 Å². The number of esters is 1. The number of carbonyl (C=O) groups is 1. The van der Waals surface area contributed by atoms with Crippen LogP contribution in [-0.2, 0) is 4.74 Å². The van der Waals surface area contributed by atoms with Crippen molar-refractivity contribution in [2.24, 2.45) is 0 Å². The van der Waals surface area contributed by atoms with Crippen LogP contribution in [0.3, 0.4) is 0 Å². The minimum atomic E-state index is -0.764. The number of rotatable bonds is 6. The fraction of sp³-hybridized carbons (Fsp3) is 0.136. The van der Waals surface area contributed by atoms with Crippen LogP contribution in [0.1, 0.15) is 34.2 Å². The SMILES string of the molecule is Cc1ccc(-c2ccsc2C(=O)OC(C)c2nnc(-c3ccc([N+](=O)[O-])cc3)o2)cc1. The first-order valence-corrected chi connectivity index (χ1v) is 10.2. The van der Waals surface area contributed by atoms with E-state index in [0.29, 0.717) is 10.4 Å². The van der Waals surface area contributed by atoms with E-state index in [4.69, 9.17) is 9.15 Å². The van der Waals surface area contributed by atoms with Gasteiger partial charge in [0.05, 0.1) is 4.92 Å². The number of non-ortho nitro benzene ring substituents is 1. The molecule has 4 aromatic rings. The average molecular weight is 435 g/mol. The van der Waals surface area contributed by atoms with Crippen LogP contribution in [-0.4, -0.2) is 21.1 Å². The van der Waals surface area contributed by atoms with Gasteiger partial charge in [0, 0.05) is 23.3 Å². The lowest BCUT2D eigenvalue weighted by Gasteiger charge is -2.10. The van der Waals surface area contributed by atoms with Crippen LogP contribution in [0.2, 0.25) is 0 Å². The van der Waals surface area contributed by atoms with Crippen LogP contribution in [0.4, 0.5) is 5.69 Å². The molecule has 4 rings (SSSR count). The quantitative estimate of drug-likeness (QED) is 0.220. The Morgan fingerprint density at radius 1 is 1.06 bits per heavy atom. The lowest BCUT2D eigenvalue weighted by atomic mass is 10.1. The number of nitro groups is 1. The second-order valence-electron chi connectivity index (χ2n) is 6.83. The van der Waals surface area contributed by atoms with E-state index in [-0.39, 0.29) is 17.5 Å². The van der Waals surface area contributed by atoms with E-state index >= 15 is 0 Å². The highest BCUT2D eigenvalue weighted by Crippen LogP contribution is 2.31. The maximum absolute atomic E-state index is 12.8. The summed E-state index contributed by atoms with van der Waals surface area (Å²) in [6.45, 7) is 3.65. The van der Waals surface area contributed by atoms with Crippen LogP contribution >= 0.6 is 11.3 Å². The number of nitro benzene ring substituents is 1. The molecule has 0 aliphatic carbocycles. The Bertz CT molecular complexity index is 1230. The molecular weight excluding hydrogens is 418 g/mol. The highest BCUT2D eigenvalue weighted by Gasteiger charge is 2.23. The summed E-state index contributed by atoms with van der Waals surface area (Å²) in [4.78, 5) is 23.5. The minimum Gasteiger partial charge on any atom is -0.448 e. The number of nitrogens with zero attached hydrogens (tertiary/aromatic N) is 3. The van der Waals surface area contributed by atoms with Gasteiger partial charge in [-0.3, -0.25) is 10.1 Å². The molecule has 2 aromatic carbocycles. The molecular formula is C22H17N3O5S.